The largest absolute Gasteiger partial charge is 0.465 e. The fourth-order valence-corrected chi connectivity index (χ4v) is 4.13. The lowest BCUT2D eigenvalue weighted by Gasteiger charge is -2.16. The third kappa shape index (κ3) is 4.83. The maximum absolute atomic E-state index is 12.6. The predicted molar refractivity (Wildman–Crippen MR) is 84.8 cm³/mol. The first-order chi connectivity index (χ1) is 9.69. The normalized spacial score (nSPS) is 13.9. The van der Waals surface area contributed by atoms with Gasteiger partial charge in [0.25, 0.3) is 0 Å². The second-order valence-corrected chi connectivity index (χ2v) is 7.70. The number of hydrogen-bond donors (Lipinski definition) is 2. The molecule has 0 aliphatic rings. The summed E-state index contributed by atoms with van der Waals surface area (Å²) < 4.78 is 33.5. The molecule has 0 aromatic carbocycles. The molecule has 122 valence electrons. The molecule has 0 aliphatic heterocycles. The third-order valence-electron chi connectivity index (χ3n) is 3.48. The van der Waals surface area contributed by atoms with Gasteiger partial charge in [0, 0.05) is 18.2 Å². The van der Waals surface area contributed by atoms with Crippen LogP contribution in [0.4, 0.5) is 0 Å². The first-order valence-electron chi connectivity index (χ1n) is 7.44. The van der Waals surface area contributed by atoms with Crippen LogP contribution < -0.4 is 10.0 Å². The van der Waals surface area contributed by atoms with Gasteiger partial charge in [0.05, 0.1) is 0 Å². The van der Waals surface area contributed by atoms with Gasteiger partial charge in [-0.15, -0.1) is 0 Å². The average Bonchev–Trinajstić information content (AvgIpc) is 2.62. The highest BCUT2D eigenvalue weighted by Gasteiger charge is 2.27. The highest BCUT2D eigenvalue weighted by atomic mass is 32.2. The Morgan fingerprint density at radius 3 is 2.24 bits per heavy atom. The standard InChI is InChI=1S/C15H28N2O3S/c1-10(2)7-8-11(3)17-21(18,19)15-13(5)20-12(4)14(15)9-16-6/h10-11,16-17H,7-9H2,1-6H3. The Hall–Kier alpha value is -0.850. The molecule has 1 aromatic heterocycles. The molecule has 1 unspecified atom stereocenters. The van der Waals surface area contributed by atoms with E-state index in [1.807, 2.05) is 6.92 Å². The molecule has 1 atom stereocenters. The van der Waals surface area contributed by atoms with Gasteiger partial charge in [0.15, 0.2) is 0 Å². The van der Waals surface area contributed by atoms with E-state index in [9.17, 15) is 8.42 Å². The molecular weight excluding hydrogens is 288 g/mol. The molecule has 0 radical (unpaired) electrons. The molecule has 0 saturated heterocycles. The van der Waals surface area contributed by atoms with Crippen molar-refractivity contribution in [3.8, 4) is 0 Å². The number of sulfonamides is 1. The van der Waals surface area contributed by atoms with Gasteiger partial charge in [-0.2, -0.15) is 0 Å². The van der Waals surface area contributed by atoms with Crippen molar-refractivity contribution in [2.75, 3.05) is 7.05 Å². The van der Waals surface area contributed by atoms with Crippen molar-refractivity contribution < 1.29 is 12.8 Å². The topological polar surface area (TPSA) is 71.3 Å². The minimum Gasteiger partial charge on any atom is -0.465 e. The summed E-state index contributed by atoms with van der Waals surface area (Å²) in [5.41, 5.74) is 0.707. The number of aryl methyl sites for hydroxylation is 2. The Bertz CT molecular complexity index is 562. The summed E-state index contributed by atoms with van der Waals surface area (Å²) in [4.78, 5) is 0.283. The monoisotopic (exact) mass is 316 g/mol. The van der Waals surface area contributed by atoms with Crippen LogP contribution in [0.15, 0.2) is 9.31 Å². The van der Waals surface area contributed by atoms with Crippen molar-refractivity contribution in [2.45, 2.75) is 64.9 Å². The van der Waals surface area contributed by atoms with Crippen molar-refractivity contribution in [1.29, 1.82) is 0 Å². The lowest BCUT2D eigenvalue weighted by molar-refractivity contribution is 0.480. The Balaban J connectivity index is 2.97. The van der Waals surface area contributed by atoms with Crippen LogP contribution >= 0.6 is 0 Å². The van der Waals surface area contributed by atoms with Crippen LogP contribution in [0, 0.1) is 19.8 Å². The van der Waals surface area contributed by atoms with Crippen molar-refractivity contribution in [2.24, 2.45) is 5.92 Å². The third-order valence-corrected chi connectivity index (χ3v) is 5.26. The molecule has 0 fully saturated rings. The second kappa shape index (κ2) is 7.42. The summed E-state index contributed by atoms with van der Waals surface area (Å²) >= 11 is 0. The highest BCUT2D eigenvalue weighted by molar-refractivity contribution is 7.89. The van der Waals surface area contributed by atoms with Gasteiger partial charge in [-0.3, -0.25) is 0 Å². The van der Waals surface area contributed by atoms with Gasteiger partial charge < -0.3 is 9.73 Å². The van der Waals surface area contributed by atoms with Gasteiger partial charge in [0.1, 0.15) is 16.4 Å². The van der Waals surface area contributed by atoms with E-state index in [1.165, 1.54) is 0 Å². The van der Waals surface area contributed by atoms with Gasteiger partial charge in [0.2, 0.25) is 10.0 Å². The maximum Gasteiger partial charge on any atom is 0.244 e. The van der Waals surface area contributed by atoms with Crippen molar-refractivity contribution in [3.63, 3.8) is 0 Å². The highest BCUT2D eigenvalue weighted by Crippen LogP contribution is 2.26. The smallest absolute Gasteiger partial charge is 0.244 e. The lowest BCUT2D eigenvalue weighted by Crippen LogP contribution is -2.33. The number of nitrogens with one attached hydrogen (secondary N) is 2. The summed E-state index contributed by atoms with van der Waals surface area (Å²) in [7, 11) is -1.77. The van der Waals surface area contributed by atoms with Crippen LogP contribution in [-0.4, -0.2) is 21.5 Å². The molecule has 0 amide bonds. The van der Waals surface area contributed by atoms with Crippen LogP contribution in [0.25, 0.3) is 0 Å². The molecule has 21 heavy (non-hydrogen) atoms. The molecule has 6 heteroatoms. The van der Waals surface area contributed by atoms with Crippen molar-refractivity contribution in [1.82, 2.24) is 10.0 Å². The Morgan fingerprint density at radius 1 is 1.10 bits per heavy atom. The van der Waals surface area contributed by atoms with Crippen LogP contribution in [0.5, 0.6) is 0 Å². The summed E-state index contributed by atoms with van der Waals surface area (Å²) in [6.07, 6.45) is 1.82. The quantitative estimate of drug-likeness (QED) is 0.773. The summed E-state index contributed by atoms with van der Waals surface area (Å²) in [5, 5.41) is 2.99. The van der Waals surface area contributed by atoms with Crippen LogP contribution in [0.2, 0.25) is 0 Å². The van der Waals surface area contributed by atoms with E-state index in [1.54, 1.807) is 20.9 Å². The summed E-state index contributed by atoms with van der Waals surface area (Å²) in [5.74, 6) is 1.66. The fourth-order valence-electron chi connectivity index (χ4n) is 2.41. The Morgan fingerprint density at radius 2 is 1.71 bits per heavy atom. The first-order valence-corrected chi connectivity index (χ1v) is 8.93. The van der Waals surface area contributed by atoms with Gasteiger partial charge in [-0.1, -0.05) is 13.8 Å². The van der Waals surface area contributed by atoms with Crippen LogP contribution in [0.3, 0.4) is 0 Å². The molecule has 1 aromatic rings. The average molecular weight is 316 g/mol. The van der Waals surface area contributed by atoms with Crippen molar-refractivity contribution >= 4 is 10.0 Å². The van der Waals surface area contributed by atoms with E-state index >= 15 is 0 Å². The predicted octanol–water partition coefficient (Wildman–Crippen LogP) is 2.72. The number of rotatable bonds is 8. The SMILES string of the molecule is CNCc1c(C)oc(C)c1S(=O)(=O)NC(C)CCC(C)C. The lowest BCUT2D eigenvalue weighted by atomic mass is 10.1. The van der Waals surface area contributed by atoms with Crippen molar-refractivity contribution in [3.05, 3.63) is 17.1 Å². The summed E-state index contributed by atoms with van der Waals surface area (Å²) in [6, 6.07) is -0.0885. The van der Waals surface area contributed by atoms with Gasteiger partial charge >= 0.3 is 0 Å². The Labute approximate surface area is 128 Å². The van der Waals surface area contributed by atoms with E-state index in [-0.39, 0.29) is 10.9 Å². The second-order valence-electron chi connectivity index (χ2n) is 6.05. The molecule has 0 spiro atoms. The van der Waals surface area contributed by atoms with E-state index in [0.29, 0.717) is 29.5 Å². The summed E-state index contributed by atoms with van der Waals surface area (Å²) in [6.45, 7) is 10.1. The van der Waals surface area contributed by atoms with E-state index < -0.39 is 10.0 Å². The Kier molecular flexibility index (Phi) is 6.43. The molecule has 1 rings (SSSR count). The fraction of sp³-hybridized carbons (Fsp3) is 0.733. The molecule has 1 heterocycles. The molecular formula is C15H28N2O3S. The number of hydrogen-bond acceptors (Lipinski definition) is 4. The van der Waals surface area contributed by atoms with Crippen LogP contribution in [0.1, 0.15) is 50.7 Å². The van der Waals surface area contributed by atoms with Gasteiger partial charge in [-0.25, -0.2) is 13.1 Å². The zero-order valence-electron chi connectivity index (χ0n) is 13.9. The van der Waals surface area contributed by atoms with Crippen LogP contribution in [-0.2, 0) is 16.6 Å². The molecule has 0 bridgehead atoms. The minimum atomic E-state index is -3.55. The minimum absolute atomic E-state index is 0.0885. The van der Waals surface area contributed by atoms with E-state index in [2.05, 4.69) is 23.9 Å². The zero-order chi connectivity index (χ0) is 16.2. The van der Waals surface area contributed by atoms with E-state index in [4.69, 9.17) is 4.42 Å². The molecule has 2 N–H and O–H groups in total. The van der Waals surface area contributed by atoms with E-state index in [0.717, 1.165) is 12.8 Å². The molecule has 0 aliphatic carbocycles. The number of furan rings is 1. The molecule has 0 saturated carbocycles. The molecule has 5 nitrogen and oxygen atoms in total. The maximum atomic E-state index is 12.6. The zero-order valence-corrected chi connectivity index (χ0v) is 14.7. The first kappa shape index (κ1) is 18.2. The van der Waals surface area contributed by atoms with Gasteiger partial charge in [-0.05, 0) is 46.6 Å².